The number of aromatic hydroxyl groups is 1. The molecule has 0 radical (unpaired) electrons. The highest BCUT2D eigenvalue weighted by Crippen LogP contribution is 2.36. The maximum Gasteiger partial charge on any atom is 0.322 e. The molecule has 0 aliphatic carbocycles. The summed E-state index contributed by atoms with van der Waals surface area (Å²) in [5, 5.41) is 10.8. The van der Waals surface area contributed by atoms with Crippen molar-refractivity contribution in [3.63, 3.8) is 0 Å². The van der Waals surface area contributed by atoms with Crippen molar-refractivity contribution in [2.75, 3.05) is 13.1 Å². The molecule has 3 aromatic heterocycles. The second-order valence-corrected chi connectivity index (χ2v) is 12.0. The summed E-state index contributed by atoms with van der Waals surface area (Å²) < 4.78 is 18.4. The first-order valence-corrected chi connectivity index (χ1v) is 14.3. The topological polar surface area (TPSA) is 110 Å². The third kappa shape index (κ3) is 5.04. The maximum absolute atomic E-state index is 15.9. The third-order valence-electron chi connectivity index (χ3n) is 8.05. The number of aryl methyl sites for hydroxylation is 2. The van der Waals surface area contributed by atoms with E-state index in [0.29, 0.717) is 28.2 Å². The number of halogens is 1. The Morgan fingerprint density at radius 1 is 1.09 bits per heavy atom. The van der Waals surface area contributed by atoms with Crippen molar-refractivity contribution in [3.8, 4) is 22.7 Å². The average molecular weight is 586 g/mol. The van der Waals surface area contributed by atoms with Crippen molar-refractivity contribution >= 4 is 17.1 Å². The van der Waals surface area contributed by atoms with Crippen LogP contribution in [0.15, 0.2) is 58.8 Å². The lowest BCUT2D eigenvalue weighted by Gasteiger charge is -2.44. The fourth-order valence-electron chi connectivity index (χ4n) is 5.87. The van der Waals surface area contributed by atoms with E-state index in [1.807, 2.05) is 46.8 Å². The Morgan fingerprint density at radius 2 is 1.79 bits per heavy atom. The Hall–Kier alpha value is -4.60. The number of nitrogens with zero attached hydrogens (tertiary/aromatic N) is 5. The number of carbonyl (C=O) groups excluding carboxylic acids is 1. The van der Waals surface area contributed by atoms with E-state index in [-0.39, 0.29) is 41.8 Å². The Morgan fingerprint density at radius 3 is 2.40 bits per heavy atom. The molecule has 1 aliphatic rings. The number of hydrogen-bond acceptors (Lipinski definition) is 6. The summed E-state index contributed by atoms with van der Waals surface area (Å²) in [6.07, 6.45) is 2.81. The van der Waals surface area contributed by atoms with Crippen LogP contribution in [0.1, 0.15) is 61.9 Å². The Kier molecular flexibility index (Phi) is 7.58. The highest BCUT2D eigenvalue weighted by molar-refractivity contribution is 5.88. The first-order valence-electron chi connectivity index (χ1n) is 14.3. The van der Waals surface area contributed by atoms with Crippen molar-refractivity contribution < 1.29 is 14.3 Å². The zero-order chi connectivity index (χ0) is 31.4. The molecule has 1 aliphatic heterocycles. The third-order valence-corrected chi connectivity index (χ3v) is 8.05. The van der Waals surface area contributed by atoms with Crippen LogP contribution in [0.5, 0.6) is 5.75 Å². The normalized spacial score (nSPS) is 14.4. The van der Waals surface area contributed by atoms with Crippen LogP contribution in [0.3, 0.4) is 0 Å². The van der Waals surface area contributed by atoms with Gasteiger partial charge in [0.15, 0.2) is 11.3 Å². The van der Waals surface area contributed by atoms with Crippen molar-refractivity contribution in [2.24, 2.45) is 0 Å². The van der Waals surface area contributed by atoms with Crippen LogP contribution in [0.2, 0.25) is 0 Å². The number of carbonyl (C=O) groups is 1. The minimum atomic E-state index is -1.92. The zero-order valence-corrected chi connectivity index (χ0v) is 25.3. The highest BCUT2D eigenvalue weighted by Gasteiger charge is 2.46. The van der Waals surface area contributed by atoms with E-state index in [4.69, 9.17) is 4.98 Å². The average Bonchev–Trinajstić information content (AvgIpc) is 2.94. The van der Waals surface area contributed by atoms with Gasteiger partial charge >= 0.3 is 11.1 Å². The number of fused-ring (bicyclic) bond motifs is 1. The summed E-state index contributed by atoms with van der Waals surface area (Å²) in [5.41, 5.74) is 0.926. The molecule has 1 aromatic carbocycles. The molecular weight excluding hydrogens is 549 g/mol. The molecule has 1 N–H and O–H groups in total. The minimum absolute atomic E-state index is 0.0217. The standard InChI is InChI=1S/C33H36FN5O4/c1-8-25(41)37-15-33(34,16-37)17-38-23-14-21(7)28(26-20(6)10-9-11-24(26)40)36-30(23)39(32(43)31(38)42)29-22(18(2)3)12-13-35-27(29)19(4)5/h8-14,18-19,40H,1,15-17H2,2-7H3. The number of phenolic OH excluding ortho intramolecular Hbond substituents is 1. The molecule has 1 amide bonds. The summed E-state index contributed by atoms with van der Waals surface area (Å²) in [4.78, 5) is 50.9. The van der Waals surface area contributed by atoms with Crippen LogP contribution < -0.4 is 11.1 Å². The zero-order valence-electron chi connectivity index (χ0n) is 25.3. The van der Waals surface area contributed by atoms with Crippen LogP contribution in [-0.4, -0.2) is 53.8 Å². The molecule has 4 heterocycles. The Bertz CT molecular complexity index is 1850. The predicted molar refractivity (Wildman–Crippen MR) is 165 cm³/mol. The molecule has 1 fully saturated rings. The molecule has 224 valence electrons. The first-order chi connectivity index (χ1) is 20.3. The van der Waals surface area contributed by atoms with E-state index in [0.717, 1.165) is 21.8 Å². The summed E-state index contributed by atoms with van der Waals surface area (Å²) in [7, 11) is 0. The number of rotatable bonds is 7. The van der Waals surface area contributed by atoms with Crippen molar-refractivity contribution in [2.45, 2.75) is 65.6 Å². The summed E-state index contributed by atoms with van der Waals surface area (Å²) in [6, 6.07) is 8.68. The lowest BCUT2D eigenvalue weighted by molar-refractivity contribution is -0.141. The number of aromatic nitrogens is 4. The smallest absolute Gasteiger partial charge is 0.322 e. The van der Waals surface area contributed by atoms with E-state index in [1.165, 1.54) is 9.47 Å². The second-order valence-electron chi connectivity index (χ2n) is 12.0. The van der Waals surface area contributed by atoms with Crippen molar-refractivity contribution in [1.82, 2.24) is 24.0 Å². The van der Waals surface area contributed by atoms with Crippen LogP contribution in [0.4, 0.5) is 4.39 Å². The first kappa shape index (κ1) is 29.9. The number of amides is 1. The summed E-state index contributed by atoms with van der Waals surface area (Å²) in [5.74, 6) is -0.503. The number of phenols is 1. The van der Waals surface area contributed by atoms with E-state index >= 15 is 4.39 Å². The van der Waals surface area contributed by atoms with E-state index in [2.05, 4.69) is 11.6 Å². The van der Waals surface area contributed by atoms with Crippen LogP contribution in [0.25, 0.3) is 28.1 Å². The van der Waals surface area contributed by atoms with Crippen LogP contribution >= 0.6 is 0 Å². The molecule has 0 bridgehead atoms. The molecule has 5 rings (SSSR count). The van der Waals surface area contributed by atoms with Gasteiger partial charge in [-0.3, -0.25) is 28.5 Å². The van der Waals surface area contributed by atoms with Gasteiger partial charge in [0.2, 0.25) is 5.91 Å². The van der Waals surface area contributed by atoms with Crippen LogP contribution in [-0.2, 0) is 11.3 Å². The van der Waals surface area contributed by atoms with Gasteiger partial charge in [-0.15, -0.1) is 0 Å². The monoisotopic (exact) mass is 585 g/mol. The number of pyridine rings is 2. The number of alkyl halides is 1. The van der Waals surface area contributed by atoms with Gasteiger partial charge in [0.1, 0.15) is 5.75 Å². The molecule has 0 unspecified atom stereocenters. The van der Waals surface area contributed by atoms with Gasteiger partial charge in [-0.1, -0.05) is 46.4 Å². The van der Waals surface area contributed by atoms with Gasteiger partial charge in [0.05, 0.1) is 42.2 Å². The quantitative estimate of drug-likeness (QED) is 0.244. The molecule has 9 nitrogen and oxygen atoms in total. The van der Waals surface area contributed by atoms with Crippen LogP contribution in [0, 0.1) is 13.8 Å². The fourth-order valence-corrected chi connectivity index (χ4v) is 5.87. The van der Waals surface area contributed by atoms with Gasteiger partial charge in [-0.2, -0.15) is 0 Å². The highest BCUT2D eigenvalue weighted by atomic mass is 19.1. The van der Waals surface area contributed by atoms with Crippen molar-refractivity contribution in [1.29, 1.82) is 0 Å². The summed E-state index contributed by atoms with van der Waals surface area (Å²) >= 11 is 0. The molecule has 0 spiro atoms. The molecule has 0 atom stereocenters. The SMILES string of the molecule is C=CC(=O)N1CC(F)(Cn2c(=O)c(=O)n(-c3c(C(C)C)ccnc3C(C)C)c3nc(-c4c(C)cccc4O)c(C)cc32)C1. The van der Waals surface area contributed by atoms with Gasteiger partial charge in [0.25, 0.3) is 0 Å². The fraction of sp³-hybridized carbons (Fsp3) is 0.364. The second kappa shape index (κ2) is 10.9. The van der Waals surface area contributed by atoms with Gasteiger partial charge in [-0.25, -0.2) is 9.37 Å². The summed E-state index contributed by atoms with van der Waals surface area (Å²) in [6.45, 7) is 14.1. The van der Waals surface area contributed by atoms with E-state index < -0.39 is 29.2 Å². The van der Waals surface area contributed by atoms with Gasteiger partial charge < -0.3 is 10.0 Å². The molecule has 43 heavy (non-hydrogen) atoms. The lowest BCUT2D eigenvalue weighted by atomic mass is 9.95. The molecule has 0 saturated carbocycles. The number of likely N-dealkylation sites (tertiary alicyclic amines) is 1. The largest absolute Gasteiger partial charge is 0.507 e. The van der Waals surface area contributed by atoms with E-state index in [9.17, 15) is 19.5 Å². The van der Waals surface area contributed by atoms with Gasteiger partial charge in [-0.05, 0) is 66.6 Å². The number of benzene rings is 1. The van der Waals surface area contributed by atoms with Crippen molar-refractivity contribution in [3.05, 3.63) is 92.3 Å². The molecule has 4 aromatic rings. The molecular formula is C33H36FN5O4. The van der Waals surface area contributed by atoms with Gasteiger partial charge in [0, 0.05) is 11.8 Å². The Balaban J connectivity index is 1.88. The number of hydrogen-bond donors (Lipinski definition) is 1. The minimum Gasteiger partial charge on any atom is -0.507 e. The van der Waals surface area contributed by atoms with E-state index in [1.54, 1.807) is 31.3 Å². The maximum atomic E-state index is 15.9. The molecule has 10 heteroatoms. The lowest BCUT2D eigenvalue weighted by Crippen LogP contribution is -2.63. The predicted octanol–water partition coefficient (Wildman–Crippen LogP) is 4.92. The molecule has 1 saturated heterocycles. The Labute approximate surface area is 249 Å².